The van der Waals surface area contributed by atoms with Crippen molar-refractivity contribution >= 4 is 17.9 Å². The number of esters is 3. The van der Waals surface area contributed by atoms with Gasteiger partial charge in [-0.3, -0.25) is 14.4 Å². The summed E-state index contributed by atoms with van der Waals surface area (Å²) in [6, 6.07) is 0. The summed E-state index contributed by atoms with van der Waals surface area (Å²) in [6.45, 7) is 6.42. The van der Waals surface area contributed by atoms with Gasteiger partial charge in [0.05, 0.1) is 0 Å². The molecule has 6 heteroatoms. The zero-order chi connectivity index (χ0) is 53.6. The summed E-state index contributed by atoms with van der Waals surface area (Å²) in [5, 5.41) is 0. The molecule has 0 radical (unpaired) electrons. The monoisotopic (exact) mass is 1030 g/mol. The van der Waals surface area contributed by atoms with Gasteiger partial charge < -0.3 is 14.2 Å². The maximum atomic E-state index is 12.8. The average Bonchev–Trinajstić information content (AvgIpc) is 3.40. The quantitative estimate of drug-likeness (QED) is 0.0261. The van der Waals surface area contributed by atoms with Crippen LogP contribution in [0.5, 0.6) is 0 Å². The number of allylic oxidation sites excluding steroid dienone is 18. The molecule has 0 aliphatic heterocycles. The molecule has 74 heavy (non-hydrogen) atoms. The number of rotatable bonds is 55. The number of hydrogen-bond donors (Lipinski definition) is 0. The minimum Gasteiger partial charge on any atom is -0.462 e. The number of hydrogen-bond acceptors (Lipinski definition) is 6. The molecule has 0 aliphatic rings. The van der Waals surface area contributed by atoms with Gasteiger partial charge in [0.2, 0.25) is 0 Å². The van der Waals surface area contributed by atoms with E-state index in [-0.39, 0.29) is 31.1 Å². The highest BCUT2D eigenvalue weighted by atomic mass is 16.6. The summed E-state index contributed by atoms with van der Waals surface area (Å²) in [5.41, 5.74) is 0. The zero-order valence-corrected chi connectivity index (χ0v) is 48.3. The van der Waals surface area contributed by atoms with Crippen LogP contribution in [-0.4, -0.2) is 37.2 Å². The van der Waals surface area contributed by atoms with Crippen molar-refractivity contribution in [2.45, 2.75) is 290 Å². The largest absolute Gasteiger partial charge is 0.462 e. The van der Waals surface area contributed by atoms with Crippen LogP contribution in [0.1, 0.15) is 284 Å². The minimum absolute atomic E-state index is 0.0870. The molecule has 0 aromatic rings. The first kappa shape index (κ1) is 70.1. The Morgan fingerprint density at radius 1 is 0.284 bits per heavy atom. The molecular formula is C68H114O6. The third-order valence-electron chi connectivity index (χ3n) is 13.0. The summed E-state index contributed by atoms with van der Waals surface area (Å²) in [7, 11) is 0. The highest BCUT2D eigenvalue weighted by molar-refractivity contribution is 5.71. The zero-order valence-electron chi connectivity index (χ0n) is 48.3. The van der Waals surface area contributed by atoms with Gasteiger partial charge in [-0.2, -0.15) is 0 Å². The van der Waals surface area contributed by atoms with Crippen molar-refractivity contribution in [3.05, 3.63) is 109 Å². The molecule has 0 amide bonds. The second kappa shape index (κ2) is 61.6. The highest BCUT2D eigenvalue weighted by Crippen LogP contribution is 2.15. The molecule has 0 aromatic carbocycles. The smallest absolute Gasteiger partial charge is 0.306 e. The molecule has 0 fully saturated rings. The third-order valence-corrected chi connectivity index (χ3v) is 13.0. The molecule has 422 valence electrons. The van der Waals surface area contributed by atoms with Gasteiger partial charge in [0, 0.05) is 19.3 Å². The van der Waals surface area contributed by atoms with Crippen molar-refractivity contribution in [3.8, 4) is 0 Å². The summed E-state index contributed by atoms with van der Waals surface area (Å²) in [4.78, 5) is 38.1. The van der Waals surface area contributed by atoms with Crippen molar-refractivity contribution in [1.29, 1.82) is 0 Å². The molecule has 0 saturated carbocycles. The third kappa shape index (κ3) is 59.0. The van der Waals surface area contributed by atoms with Gasteiger partial charge in [0.1, 0.15) is 13.2 Å². The summed E-state index contributed by atoms with van der Waals surface area (Å²) in [5.74, 6) is -0.909. The van der Waals surface area contributed by atoms with E-state index in [2.05, 4.69) is 130 Å². The SMILES string of the molecule is CC/C=C\C/C=C\C/C=C\C/C=C\C/C=C\C/C=C\CCCCCCCCCCCCCCC(=O)OCC(COC(=O)CCCCCCC/C=C\CCCCC)OC(=O)CCCCCCC/C=C\C/C=C\CCC. The molecule has 0 saturated heterocycles. The lowest BCUT2D eigenvalue weighted by molar-refractivity contribution is -0.167. The first-order chi connectivity index (χ1) is 36.5. The van der Waals surface area contributed by atoms with E-state index in [1.54, 1.807) is 0 Å². The molecule has 0 heterocycles. The Balaban J connectivity index is 4.20. The predicted octanol–water partition coefficient (Wildman–Crippen LogP) is 21.0. The van der Waals surface area contributed by atoms with Crippen LogP contribution in [0, 0.1) is 0 Å². The van der Waals surface area contributed by atoms with Gasteiger partial charge >= 0.3 is 17.9 Å². The molecule has 1 unspecified atom stereocenters. The van der Waals surface area contributed by atoms with Crippen LogP contribution < -0.4 is 0 Å². The fourth-order valence-corrected chi connectivity index (χ4v) is 8.36. The summed E-state index contributed by atoms with van der Waals surface area (Å²) in [6.07, 6.45) is 83.8. The van der Waals surface area contributed by atoms with Crippen LogP contribution in [-0.2, 0) is 28.6 Å². The van der Waals surface area contributed by atoms with E-state index in [1.165, 1.54) is 109 Å². The van der Waals surface area contributed by atoms with Crippen LogP contribution in [0.25, 0.3) is 0 Å². The van der Waals surface area contributed by atoms with Gasteiger partial charge in [-0.1, -0.05) is 252 Å². The first-order valence-corrected chi connectivity index (χ1v) is 30.9. The molecule has 0 spiro atoms. The molecule has 0 N–H and O–H groups in total. The van der Waals surface area contributed by atoms with Gasteiger partial charge in [0.25, 0.3) is 0 Å². The van der Waals surface area contributed by atoms with Crippen LogP contribution in [0.15, 0.2) is 109 Å². The Morgan fingerprint density at radius 2 is 0.554 bits per heavy atom. The predicted molar refractivity (Wildman–Crippen MR) is 320 cm³/mol. The van der Waals surface area contributed by atoms with Crippen molar-refractivity contribution in [1.82, 2.24) is 0 Å². The van der Waals surface area contributed by atoms with Crippen molar-refractivity contribution in [3.63, 3.8) is 0 Å². The lowest BCUT2D eigenvalue weighted by Gasteiger charge is -2.18. The molecular weight excluding hydrogens is 913 g/mol. The van der Waals surface area contributed by atoms with E-state index < -0.39 is 6.10 Å². The number of unbranched alkanes of at least 4 members (excludes halogenated alkanes) is 26. The maximum absolute atomic E-state index is 12.8. The Morgan fingerprint density at radius 3 is 0.892 bits per heavy atom. The maximum Gasteiger partial charge on any atom is 0.306 e. The van der Waals surface area contributed by atoms with Crippen molar-refractivity contribution in [2.24, 2.45) is 0 Å². The lowest BCUT2D eigenvalue weighted by atomic mass is 10.0. The van der Waals surface area contributed by atoms with Crippen LogP contribution in [0.3, 0.4) is 0 Å². The van der Waals surface area contributed by atoms with Crippen LogP contribution in [0.2, 0.25) is 0 Å². The molecule has 0 aromatic heterocycles. The highest BCUT2D eigenvalue weighted by Gasteiger charge is 2.19. The van der Waals surface area contributed by atoms with E-state index in [1.807, 2.05) is 0 Å². The lowest BCUT2D eigenvalue weighted by Crippen LogP contribution is -2.30. The Kier molecular flexibility index (Phi) is 58.3. The molecule has 1 atom stereocenters. The topological polar surface area (TPSA) is 78.9 Å². The Bertz CT molecular complexity index is 1510. The van der Waals surface area contributed by atoms with Crippen LogP contribution in [0.4, 0.5) is 0 Å². The van der Waals surface area contributed by atoms with Gasteiger partial charge in [-0.25, -0.2) is 0 Å². The molecule has 0 bridgehead atoms. The number of ether oxygens (including phenoxy) is 3. The summed E-state index contributed by atoms with van der Waals surface area (Å²) < 4.78 is 16.8. The number of carbonyl (C=O) groups is 3. The Labute approximate surface area is 457 Å². The van der Waals surface area contributed by atoms with Crippen molar-refractivity contribution in [2.75, 3.05) is 13.2 Å². The molecule has 0 aliphatic carbocycles. The van der Waals surface area contributed by atoms with E-state index in [4.69, 9.17) is 14.2 Å². The molecule has 6 nitrogen and oxygen atoms in total. The molecule has 0 rings (SSSR count). The van der Waals surface area contributed by atoms with E-state index >= 15 is 0 Å². The van der Waals surface area contributed by atoms with Crippen LogP contribution >= 0.6 is 0 Å². The van der Waals surface area contributed by atoms with Gasteiger partial charge in [-0.05, 0) is 122 Å². The fourth-order valence-electron chi connectivity index (χ4n) is 8.36. The van der Waals surface area contributed by atoms with Gasteiger partial charge in [0.15, 0.2) is 6.10 Å². The second-order valence-electron chi connectivity index (χ2n) is 20.2. The standard InChI is InChI=1S/C68H114O6/c1-4-7-10-13-16-19-22-25-26-27-28-29-30-31-32-33-34-35-36-37-38-39-40-41-42-44-46-49-52-55-58-61-67(70)73-64-65(63-72-66(69)60-57-54-51-48-45-24-21-18-15-12-9-6-3)74-68(71)62-59-56-53-50-47-43-23-20-17-14-11-8-5-2/h7,10-11,14,16,18-21,23,25-26,28-29,31-32,34-35,65H,4-6,8-9,12-13,15,17,22,24,27,30,33,36-64H2,1-3H3/b10-7-,14-11-,19-16-,21-18-,23-20-,26-25-,29-28-,32-31-,35-34-. The Hall–Kier alpha value is -3.93. The van der Waals surface area contributed by atoms with Crippen molar-refractivity contribution < 1.29 is 28.6 Å². The minimum atomic E-state index is -0.789. The van der Waals surface area contributed by atoms with E-state index in [0.29, 0.717) is 19.3 Å². The van der Waals surface area contributed by atoms with Gasteiger partial charge in [-0.15, -0.1) is 0 Å². The average molecular weight is 1030 g/mol. The van der Waals surface area contributed by atoms with E-state index in [9.17, 15) is 14.4 Å². The van der Waals surface area contributed by atoms with E-state index in [0.717, 1.165) is 135 Å². The normalized spacial score (nSPS) is 12.9. The fraction of sp³-hybridized carbons (Fsp3) is 0.691. The second-order valence-corrected chi connectivity index (χ2v) is 20.2. The first-order valence-electron chi connectivity index (χ1n) is 30.9. The number of carbonyl (C=O) groups excluding carboxylic acids is 3. The summed E-state index contributed by atoms with van der Waals surface area (Å²) >= 11 is 0.